The van der Waals surface area contributed by atoms with E-state index in [0.717, 1.165) is 54.6 Å². The van der Waals surface area contributed by atoms with E-state index < -0.39 is 32.2 Å². The van der Waals surface area contributed by atoms with E-state index in [9.17, 15) is 43.5 Å². The zero-order valence-electron chi connectivity index (χ0n) is 17.4. The van der Waals surface area contributed by atoms with Crippen molar-refractivity contribution in [1.82, 2.24) is 0 Å². The van der Waals surface area contributed by atoms with Crippen LogP contribution in [-0.4, -0.2) is 14.8 Å². The molecule has 3 aromatic carbocycles. The Morgan fingerprint density at radius 2 is 1.20 bits per heavy atom. The molecule has 0 atom stereocenters. The zero-order chi connectivity index (χ0) is 26.7. The third-order valence-electron chi connectivity index (χ3n) is 3.82. The SMILES string of the molecule is C#Cc1cc(F)ccc1[N+](=O)[O-].C=Cc1cc(F)ccc1[N+](=O)[O-].O=[N+]([O-])c1ccc(F)cc1Br. The number of hydrogen-bond donors (Lipinski definition) is 0. The molecule has 9 nitrogen and oxygen atoms in total. The summed E-state index contributed by atoms with van der Waals surface area (Å²) in [5, 5.41) is 30.8. The van der Waals surface area contributed by atoms with Crippen LogP contribution in [-0.2, 0) is 0 Å². The number of terminal acetylenes is 1. The summed E-state index contributed by atoms with van der Waals surface area (Å²) in [4.78, 5) is 29.0. The second kappa shape index (κ2) is 13.2. The predicted octanol–water partition coefficient (Wildman–Crippen LogP) is 6.59. The van der Waals surface area contributed by atoms with Gasteiger partial charge in [0.25, 0.3) is 17.1 Å². The molecule has 0 saturated heterocycles. The average molecular weight is 552 g/mol. The van der Waals surface area contributed by atoms with Crippen LogP contribution in [0.3, 0.4) is 0 Å². The maximum absolute atomic E-state index is 12.5. The molecule has 0 saturated carbocycles. The van der Waals surface area contributed by atoms with Crippen LogP contribution in [0.2, 0.25) is 0 Å². The van der Waals surface area contributed by atoms with Gasteiger partial charge in [-0.25, -0.2) is 13.2 Å². The lowest BCUT2D eigenvalue weighted by atomic mass is 10.2. The van der Waals surface area contributed by atoms with Gasteiger partial charge in [0.2, 0.25) is 0 Å². The van der Waals surface area contributed by atoms with Crippen LogP contribution >= 0.6 is 15.9 Å². The lowest BCUT2D eigenvalue weighted by Crippen LogP contribution is -1.92. The van der Waals surface area contributed by atoms with E-state index in [2.05, 4.69) is 22.5 Å². The van der Waals surface area contributed by atoms with Crippen LogP contribution in [0.25, 0.3) is 6.08 Å². The topological polar surface area (TPSA) is 129 Å². The van der Waals surface area contributed by atoms with Gasteiger partial charge in [-0.15, -0.1) is 6.42 Å². The van der Waals surface area contributed by atoms with Gasteiger partial charge in [-0.05, 0) is 52.3 Å². The van der Waals surface area contributed by atoms with Crippen molar-refractivity contribution in [2.24, 2.45) is 0 Å². The molecule has 0 aromatic heterocycles. The van der Waals surface area contributed by atoms with Gasteiger partial charge in [0.05, 0.1) is 24.8 Å². The van der Waals surface area contributed by atoms with Crippen LogP contribution in [0.4, 0.5) is 30.2 Å². The maximum Gasteiger partial charge on any atom is 0.285 e. The number of halogens is 4. The van der Waals surface area contributed by atoms with Crippen LogP contribution in [0, 0.1) is 60.1 Å². The van der Waals surface area contributed by atoms with Crippen molar-refractivity contribution in [1.29, 1.82) is 0 Å². The first kappa shape index (κ1) is 28.5. The van der Waals surface area contributed by atoms with Crippen molar-refractivity contribution in [2.75, 3.05) is 0 Å². The van der Waals surface area contributed by atoms with Crippen molar-refractivity contribution in [3.63, 3.8) is 0 Å². The summed E-state index contributed by atoms with van der Waals surface area (Å²) < 4.78 is 37.5. The highest BCUT2D eigenvalue weighted by atomic mass is 79.9. The number of nitro benzene ring substituents is 3. The van der Waals surface area contributed by atoms with Gasteiger partial charge < -0.3 is 0 Å². The number of benzene rings is 3. The van der Waals surface area contributed by atoms with E-state index in [0.29, 0.717) is 0 Å². The molecule has 0 unspecified atom stereocenters. The fourth-order valence-electron chi connectivity index (χ4n) is 2.27. The molecule has 3 aromatic rings. The van der Waals surface area contributed by atoms with Crippen molar-refractivity contribution in [2.45, 2.75) is 0 Å². The van der Waals surface area contributed by atoms with Crippen molar-refractivity contribution in [3.8, 4) is 12.3 Å². The highest BCUT2D eigenvalue weighted by molar-refractivity contribution is 9.10. The molecule has 0 aliphatic heterocycles. The summed E-state index contributed by atoms with van der Waals surface area (Å²) >= 11 is 2.87. The summed E-state index contributed by atoms with van der Waals surface area (Å²) in [6.45, 7) is 3.34. The predicted molar refractivity (Wildman–Crippen MR) is 125 cm³/mol. The Kier molecular flexibility index (Phi) is 10.7. The molecule has 3 rings (SSSR count). The van der Waals surface area contributed by atoms with E-state index in [4.69, 9.17) is 6.42 Å². The molecule has 13 heteroatoms. The van der Waals surface area contributed by atoms with Crippen molar-refractivity contribution < 1.29 is 27.9 Å². The molecule has 0 amide bonds. The molecular formula is C22H13BrF3N3O6. The molecule has 0 aliphatic rings. The Hall–Kier alpha value is -4.57. The van der Waals surface area contributed by atoms with Crippen LogP contribution in [0.1, 0.15) is 11.1 Å². The molecule has 0 spiro atoms. The number of nitro groups is 3. The van der Waals surface area contributed by atoms with Gasteiger partial charge in [0.15, 0.2) is 0 Å². The largest absolute Gasteiger partial charge is 0.285 e. The first-order valence-corrected chi connectivity index (χ1v) is 9.76. The highest BCUT2D eigenvalue weighted by Gasteiger charge is 2.12. The fourth-order valence-corrected chi connectivity index (χ4v) is 2.76. The molecule has 0 bridgehead atoms. The van der Waals surface area contributed by atoms with Crippen molar-refractivity contribution >= 4 is 39.1 Å². The van der Waals surface area contributed by atoms with Gasteiger partial charge in [-0.1, -0.05) is 18.6 Å². The van der Waals surface area contributed by atoms with Gasteiger partial charge in [-0.2, -0.15) is 0 Å². The van der Waals surface area contributed by atoms with Crippen LogP contribution in [0.15, 0.2) is 65.6 Å². The van der Waals surface area contributed by atoms with E-state index in [1.165, 1.54) is 6.08 Å². The molecule has 35 heavy (non-hydrogen) atoms. The first-order valence-electron chi connectivity index (χ1n) is 8.97. The van der Waals surface area contributed by atoms with Crippen LogP contribution < -0.4 is 0 Å². The normalized spacial score (nSPS) is 9.34. The van der Waals surface area contributed by atoms with Crippen LogP contribution in [0.5, 0.6) is 0 Å². The van der Waals surface area contributed by atoms with E-state index in [1.54, 1.807) is 0 Å². The fraction of sp³-hybridized carbons (Fsp3) is 0. The van der Waals surface area contributed by atoms with Gasteiger partial charge in [0.1, 0.15) is 23.0 Å². The van der Waals surface area contributed by atoms with Gasteiger partial charge in [-0.3, -0.25) is 30.3 Å². The number of nitrogens with zero attached hydrogens (tertiary/aromatic N) is 3. The summed E-state index contributed by atoms with van der Waals surface area (Å²) in [6, 6.07) is 9.45. The Morgan fingerprint density at radius 3 is 1.63 bits per heavy atom. The Labute approximate surface area is 204 Å². The van der Waals surface area contributed by atoms with Crippen molar-refractivity contribution in [3.05, 3.63) is 125 Å². The molecule has 0 N–H and O–H groups in total. The molecular weight excluding hydrogens is 539 g/mol. The Bertz CT molecular complexity index is 1330. The average Bonchev–Trinajstić information content (AvgIpc) is 2.79. The second-order valence-electron chi connectivity index (χ2n) is 6.08. The third-order valence-corrected chi connectivity index (χ3v) is 4.46. The number of hydrogen-bond acceptors (Lipinski definition) is 6. The van der Waals surface area contributed by atoms with E-state index >= 15 is 0 Å². The second-order valence-corrected chi connectivity index (χ2v) is 6.93. The minimum atomic E-state index is -0.644. The summed E-state index contributed by atoms with van der Waals surface area (Å²) in [7, 11) is 0. The Balaban J connectivity index is 0.000000263. The molecule has 180 valence electrons. The minimum Gasteiger partial charge on any atom is -0.258 e. The lowest BCUT2D eigenvalue weighted by Gasteiger charge is -1.95. The summed E-state index contributed by atoms with van der Waals surface area (Å²) in [5.74, 6) is 0.459. The van der Waals surface area contributed by atoms with Gasteiger partial charge in [0, 0.05) is 18.2 Å². The third kappa shape index (κ3) is 8.71. The minimum absolute atomic E-state index is 0.0417. The monoisotopic (exact) mass is 551 g/mol. The summed E-state index contributed by atoms with van der Waals surface area (Å²) in [6.07, 6.45) is 6.19. The zero-order valence-corrected chi connectivity index (χ0v) is 18.9. The quantitative estimate of drug-likeness (QED) is 0.204. The smallest absolute Gasteiger partial charge is 0.258 e. The van der Waals surface area contributed by atoms with E-state index in [-0.39, 0.29) is 32.7 Å². The standard InChI is InChI=1S/C8H6FNO2.C8H4FNO2.C6H3BrFNO2/c2*1-2-6-5-7(9)3-4-8(6)10(11)12;7-5-3-4(8)1-2-6(5)9(10)11/h2-5H,1H2;1,3-5H;1-3H. The summed E-state index contributed by atoms with van der Waals surface area (Å²) in [5.41, 5.74) is -0.364. The molecule has 0 fully saturated rings. The molecule has 0 heterocycles. The molecule has 0 aliphatic carbocycles. The number of rotatable bonds is 4. The highest BCUT2D eigenvalue weighted by Crippen LogP contribution is 2.24. The van der Waals surface area contributed by atoms with Gasteiger partial charge >= 0.3 is 0 Å². The molecule has 0 radical (unpaired) electrons. The lowest BCUT2D eigenvalue weighted by molar-refractivity contribution is -0.385. The first-order chi connectivity index (χ1) is 16.4. The van der Waals surface area contributed by atoms with E-state index in [1.807, 2.05) is 5.92 Å². The maximum atomic E-state index is 12.5. The Morgan fingerprint density at radius 1 is 0.771 bits per heavy atom.